The molecule has 0 aliphatic rings. The molecule has 2 N–H and O–H groups in total. The number of amides is 1. The number of carbonyl (C=O) groups excluding carboxylic acids is 1. The van der Waals surface area contributed by atoms with Crippen molar-refractivity contribution < 1.29 is 9.90 Å². The van der Waals surface area contributed by atoms with Gasteiger partial charge in [0.25, 0.3) is 5.91 Å². The third kappa shape index (κ3) is 4.92. The molecule has 1 aromatic rings. The molecule has 0 heterocycles. The Balaban J connectivity index is 2.91. The molecule has 0 bridgehead atoms. The van der Waals surface area contributed by atoms with Gasteiger partial charge in [-0.25, -0.2) is 0 Å². The molecule has 1 rings (SSSR count). The first kappa shape index (κ1) is 16.6. The second-order valence-corrected chi connectivity index (χ2v) is 5.43. The summed E-state index contributed by atoms with van der Waals surface area (Å²) in [5, 5.41) is 11.8. The lowest BCUT2D eigenvalue weighted by Crippen LogP contribution is -2.36. The zero-order valence-corrected chi connectivity index (χ0v) is 13.0. The second-order valence-electron chi connectivity index (χ2n) is 4.52. The molecule has 1 unspecified atom stereocenters. The molecule has 0 saturated carbocycles. The second kappa shape index (κ2) is 8.68. The van der Waals surface area contributed by atoms with E-state index in [9.17, 15) is 4.79 Å². The predicted molar refractivity (Wildman–Crippen MR) is 85.1 cm³/mol. The number of nitrogens with one attached hydrogen (secondary N) is 1. The molecule has 1 aromatic carbocycles. The van der Waals surface area contributed by atoms with Crippen molar-refractivity contribution in [3.05, 3.63) is 34.9 Å². The van der Waals surface area contributed by atoms with Gasteiger partial charge in [-0.2, -0.15) is 11.8 Å². The predicted octanol–water partition coefficient (Wildman–Crippen LogP) is 2.21. The lowest BCUT2D eigenvalue weighted by atomic mass is 10.0. The van der Waals surface area contributed by atoms with Crippen molar-refractivity contribution in [2.45, 2.75) is 26.3 Å². The molecule has 0 aromatic heterocycles. The van der Waals surface area contributed by atoms with E-state index >= 15 is 0 Å². The van der Waals surface area contributed by atoms with Crippen LogP contribution >= 0.6 is 11.8 Å². The quantitative estimate of drug-likeness (QED) is 0.818. The van der Waals surface area contributed by atoms with Crippen LogP contribution in [0.1, 0.15) is 34.8 Å². The minimum atomic E-state index is -0.180. The van der Waals surface area contributed by atoms with Crippen LogP contribution in [-0.4, -0.2) is 35.7 Å². The van der Waals surface area contributed by atoms with Crippen molar-refractivity contribution in [1.82, 2.24) is 5.32 Å². The number of hydrogen-bond donors (Lipinski definition) is 2. The van der Waals surface area contributed by atoms with Gasteiger partial charge in [-0.3, -0.25) is 4.79 Å². The van der Waals surface area contributed by atoms with E-state index in [1.165, 1.54) is 0 Å². The molecule has 4 heteroatoms. The Bertz CT molecular complexity index is 517. The van der Waals surface area contributed by atoms with Gasteiger partial charge < -0.3 is 10.4 Å². The van der Waals surface area contributed by atoms with Gasteiger partial charge in [0.1, 0.15) is 6.61 Å². The van der Waals surface area contributed by atoms with Gasteiger partial charge in [-0.1, -0.05) is 24.8 Å². The molecule has 1 atom stereocenters. The highest BCUT2D eigenvalue weighted by atomic mass is 32.2. The number of aryl methyl sites for hydroxylation is 1. The van der Waals surface area contributed by atoms with Gasteiger partial charge in [0.05, 0.1) is 0 Å². The summed E-state index contributed by atoms with van der Waals surface area (Å²) in [6, 6.07) is 5.70. The molecular weight excluding hydrogens is 270 g/mol. The summed E-state index contributed by atoms with van der Waals surface area (Å²) in [6.45, 7) is 3.80. The molecule has 0 spiro atoms. The number of thioether (sulfide) groups is 1. The van der Waals surface area contributed by atoms with Crippen LogP contribution in [0.3, 0.4) is 0 Å². The van der Waals surface area contributed by atoms with E-state index < -0.39 is 0 Å². The Labute approximate surface area is 125 Å². The van der Waals surface area contributed by atoms with E-state index in [0.717, 1.165) is 23.3 Å². The summed E-state index contributed by atoms with van der Waals surface area (Å²) in [5.41, 5.74) is 2.32. The van der Waals surface area contributed by atoms with Crippen molar-refractivity contribution in [3.63, 3.8) is 0 Å². The average molecular weight is 291 g/mol. The van der Waals surface area contributed by atoms with Gasteiger partial charge in [0.2, 0.25) is 0 Å². The van der Waals surface area contributed by atoms with Gasteiger partial charge in [-0.05, 0) is 37.3 Å². The van der Waals surface area contributed by atoms with E-state index in [4.69, 9.17) is 5.11 Å². The molecule has 0 radical (unpaired) electrons. The van der Waals surface area contributed by atoms with Crippen LogP contribution in [-0.2, 0) is 0 Å². The molecule has 0 aliphatic heterocycles. The maximum atomic E-state index is 12.3. The molecule has 108 valence electrons. The molecule has 20 heavy (non-hydrogen) atoms. The fourth-order valence-electron chi connectivity index (χ4n) is 1.81. The van der Waals surface area contributed by atoms with E-state index in [-0.39, 0.29) is 18.6 Å². The van der Waals surface area contributed by atoms with Crippen LogP contribution in [0, 0.1) is 18.8 Å². The van der Waals surface area contributed by atoms with E-state index in [0.29, 0.717) is 5.56 Å². The van der Waals surface area contributed by atoms with Crippen molar-refractivity contribution in [2.24, 2.45) is 0 Å². The first-order valence-electron chi connectivity index (χ1n) is 6.62. The molecule has 1 amide bonds. The normalized spacial score (nSPS) is 11.4. The maximum absolute atomic E-state index is 12.3. The number of rotatable bonds is 5. The number of carbonyl (C=O) groups is 1. The highest BCUT2D eigenvalue weighted by Gasteiger charge is 2.14. The minimum Gasteiger partial charge on any atom is -0.384 e. The lowest BCUT2D eigenvalue weighted by molar-refractivity contribution is 0.0939. The third-order valence-electron chi connectivity index (χ3n) is 2.99. The van der Waals surface area contributed by atoms with Crippen LogP contribution in [0.15, 0.2) is 18.2 Å². The fraction of sp³-hybridized carbons (Fsp3) is 0.438. The molecular formula is C16H21NO2S. The Morgan fingerprint density at radius 2 is 2.25 bits per heavy atom. The first-order valence-corrected chi connectivity index (χ1v) is 8.01. The van der Waals surface area contributed by atoms with Crippen molar-refractivity contribution >= 4 is 17.7 Å². The molecule has 0 fully saturated rings. The minimum absolute atomic E-state index is 0.0592. The SMILES string of the molecule is CCC(CSC)NC(=O)c1cc(C#CCO)ccc1C. The summed E-state index contributed by atoms with van der Waals surface area (Å²) >= 11 is 1.73. The molecule has 0 saturated heterocycles. The van der Waals surface area contributed by atoms with Gasteiger partial charge in [0.15, 0.2) is 0 Å². The maximum Gasteiger partial charge on any atom is 0.251 e. The van der Waals surface area contributed by atoms with Crippen LogP contribution in [0.2, 0.25) is 0 Å². The Morgan fingerprint density at radius 1 is 1.50 bits per heavy atom. The van der Waals surface area contributed by atoms with Crippen LogP contribution in [0.4, 0.5) is 0 Å². The fourth-order valence-corrected chi connectivity index (χ4v) is 2.53. The topological polar surface area (TPSA) is 49.3 Å². The summed E-state index contributed by atoms with van der Waals surface area (Å²) < 4.78 is 0. The highest BCUT2D eigenvalue weighted by Crippen LogP contribution is 2.12. The number of hydrogen-bond acceptors (Lipinski definition) is 3. The van der Waals surface area contributed by atoms with Crippen molar-refractivity contribution in [1.29, 1.82) is 0 Å². The van der Waals surface area contributed by atoms with Gasteiger partial charge in [-0.15, -0.1) is 0 Å². The zero-order valence-electron chi connectivity index (χ0n) is 12.2. The lowest BCUT2D eigenvalue weighted by Gasteiger charge is -2.16. The number of aliphatic hydroxyl groups is 1. The molecule has 0 aliphatic carbocycles. The Kier molecular flexibility index (Phi) is 7.21. The Hall–Kier alpha value is -1.44. The molecule has 3 nitrogen and oxygen atoms in total. The van der Waals surface area contributed by atoms with Crippen LogP contribution < -0.4 is 5.32 Å². The highest BCUT2D eigenvalue weighted by molar-refractivity contribution is 7.98. The number of benzene rings is 1. The standard InChI is InChI=1S/C16H21NO2S/c1-4-14(11-20-3)17-16(19)15-10-13(6-5-9-18)8-7-12(15)2/h7-8,10,14,18H,4,9,11H2,1-3H3,(H,17,19). The first-order chi connectivity index (χ1) is 9.62. The Morgan fingerprint density at radius 3 is 2.85 bits per heavy atom. The number of aliphatic hydroxyl groups excluding tert-OH is 1. The van der Waals surface area contributed by atoms with Crippen LogP contribution in [0.25, 0.3) is 0 Å². The summed E-state index contributed by atoms with van der Waals surface area (Å²) in [6.07, 6.45) is 2.95. The van der Waals surface area contributed by atoms with Crippen LogP contribution in [0.5, 0.6) is 0 Å². The van der Waals surface area contributed by atoms with E-state index in [1.807, 2.05) is 25.3 Å². The van der Waals surface area contributed by atoms with Crippen molar-refractivity contribution in [2.75, 3.05) is 18.6 Å². The van der Waals surface area contributed by atoms with E-state index in [2.05, 4.69) is 24.1 Å². The third-order valence-corrected chi connectivity index (χ3v) is 3.73. The van der Waals surface area contributed by atoms with Gasteiger partial charge in [0, 0.05) is 22.9 Å². The monoisotopic (exact) mass is 291 g/mol. The van der Waals surface area contributed by atoms with E-state index in [1.54, 1.807) is 17.8 Å². The smallest absolute Gasteiger partial charge is 0.251 e. The van der Waals surface area contributed by atoms with Crippen molar-refractivity contribution in [3.8, 4) is 11.8 Å². The summed E-state index contributed by atoms with van der Waals surface area (Å²) in [7, 11) is 0. The largest absolute Gasteiger partial charge is 0.384 e. The van der Waals surface area contributed by atoms with Gasteiger partial charge >= 0.3 is 0 Å². The average Bonchev–Trinajstić information content (AvgIpc) is 2.45. The zero-order chi connectivity index (χ0) is 15.0. The summed E-state index contributed by atoms with van der Waals surface area (Å²) in [5.74, 6) is 6.27. The summed E-state index contributed by atoms with van der Waals surface area (Å²) in [4.78, 5) is 12.3.